The number of carboxylic acid groups (broad SMARTS) is 1. The zero-order chi connectivity index (χ0) is 20.4. The van der Waals surface area contributed by atoms with Crippen molar-refractivity contribution in [3.05, 3.63) is 29.3 Å². The first kappa shape index (κ1) is 21.4. The average molecular weight is 397 g/mol. The number of hydrogen-bond acceptors (Lipinski definition) is 4. The Bertz CT molecular complexity index is 821. The predicted octanol–water partition coefficient (Wildman–Crippen LogP) is 2.40. The van der Waals surface area contributed by atoms with Crippen molar-refractivity contribution in [2.45, 2.75) is 63.9 Å². The summed E-state index contributed by atoms with van der Waals surface area (Å²) < 4.78 is 27.5. The normalized spacial score (nSPS) is 20.7. The van der Waals surface area contributed by atoms with Crippen LogP contribution in [0.3, 0.4) is 0 Å². The van der Waals surface area contributed by atoms with E-state index in [1.54, 1.807) is 19.9 Å². The van der Waals surface area contributed by atoms with E-state index in [1.165, 1.54) is 23.4 Å². The molecule has 0 saturated carbocycles. The van der Waals surface area contributed by atoms with E-state index < -0.39 is 33.9 Å². The van der Waals surface area contributed by atoms with Crippen LogP contribution in [0.5, 0.6) is 0 Å². The summed E-state index contributed by atoms with van der Waals surface area (Å²) in [6.07, 6.45) is 2.66. The highest BCUT2D eigenvalue weighted by atomic mass is 32.2. The third-order valence-corrected chi connectivity index (χ3v) is 7.31. The highest BCUT2D eigenvalue weighted by Crippen LogP contribution is 2.26. The molecule has 1 aromatic rings. The lowest BCUT2D eigenvalue weighted by atomic mass is 10.0. The number of aliphatic carboxylic acids is 1. The van der Waals surface area contributed by atoms with E-state index >= 15 is 0 Å². The number of nitrogens with zero attached hydrogens (tertiary/aromatic N) is 1. The Labute approximate surface area is 160 Å². The second-order valence-electron chi connectivity index (χ2n) is 7.33. The van der Waals surface area contributed by atoms with Gasteiger partial charge in [0.2, 0.25) is 10.0 Å². The zero-order valence-electron chi connectivity index (χ0n) is 16.2. The zero-order valence-corrected chi connectivity index (χ0v) is 17.0. The fourth-order valence-electron chi connectivity index (χ4n) is 3.19. The van der Waals surface area contributed by atoms with Crippen molar-refractivity contribution < 1.29 is 23.1 Å². The van der Waals surface area contributed by atoms with Crippen LogP contribution < -0.4 is 5.32 Å². The third kappa shape index (κ3) is 4.68. The molecule has 0 aromatic heterocycles. The van der Waals surface area contributed by atoms with Crippen molar-refractivity contribution in [2.75, 3.05) is 6.54 Å². The molecular formula is C19H28N2O5S. The van der Waals surface area contributed by atoms with Gasteiger partial charge in [0.15, 0.2) is 0 Å². The van der Waals surface area contributed by atoms with Gasteiger partial charge >= 0.3 is 5.97 Å². The summed E-state index contributed by atoms with van der Waals surface area (Å²) in [5.41, 5.74) is 0.874. The van der Waals surface area contributed by atoms with E-state index in [9.17, 15) is 18.0 Å². The minimum Gasteiger partial charge on any atom is -0.481 e. The van der Waals surface area contributed by atoms with E-state index in [0.717, 1.165) is 19.3 Å². The molecule has 7 nitrogen and oxygen atoms in total. The van der Waals surface area contributed by atoms with E-state index in [4.69, 9.17) is 5.11 Å². The molecule has 27 heavy (non-hydrogen) atoms. The number of rotatable bonds is 6. The van der Waals surface area contributed by atoms with Crippen molar-refractivity contribution in [1.82, 2.24) is 9.62 Å². The molecule has 8 heteroatoms. The highest BCUT2D eigenvalue weighted by Gasteiger charge is 2.32. The van der Waals surface area contributed by atoms with Gasteiger partial charge in [-0.25, -0.2) is 8.42 Å². The number of carboxylic acids is 1. The van der Waals surface area contributed by atoms with E-state index in [1.807, 2.05) is 6.92 Å². The van der Waals surface area contributed by atoms with Crippen LogP contribution in [0, 0.1) is 12.8 Å². The molecule has 2 rings (SSSR count). The van der Waals surface area contributed by atoms with Crippen LogP contribution in [0.15, 0.2) is 23.1 Å². The van der Waals surface area contributed by atoms with Crippen LogP contribution in [-0.2, 0) is 14.8 Å². The van der Waals surface area contributed by atoms with Crippen molar-refractivity contribution in [3.63, 3.8) is 0 Å². The van der Waals surface area contributed by atoms with E-state index in [2.05, 4.69) is 5.32 Å². The molecule has 3 atom stereocenters. The predicted molar refractivity (Wildman–Crippen MR) is 102 cm³/mol. The Kier molecular flexibility index (Phi) is 6.64. The largest absolute Gasteiger partial charge is 0.481 e. The van der Waals surface area contributed by atoms with Crippen molar-refractivity contribution in [2.24, 2.45) is 5.92 Å². The third-order valence-electron chi connectivity index (χ3n) is 5.30. The Morgan fingerprint density at radius 2 is 1.93 bits per heavy atom. The topological polar surface area (TPSA) is 104 Å². The second-order valence-corrected chi connectivity index (χ2v) is 9.22. The average Bonchev–Trinajstić information content (AvgIpc) is 2.61. The monoisotopic (exact) mass is 396 g/mol. The molecule has 1 aromatic carbocycles. The summed E-state index contributed by atoms with van der Waals surface area (Å²) in [6, 6.07) is 3.86. The molecule has 2 N–H and O–H groups in total. The van der Waals surface area contributed by atoms with E-state index in [-0.39, 0.29) is 16.5 Å². The van der Waals surface area contributed by atoms with Crippen LogP contribution in [0.2, 0.25) is 0 Å². The molecule has 1 heterocycles. The van der Waals surface area contributed by atoms with Crippen molar-refractivity contribution in [1.29, 1.82) is 0 Å². The number of sulfonamides is 1. The van der Waals surface area contributed by atoms with E-state index in [0.29, 0.717) is 12.1 Å². The molecule has 0 radical (unpaired) electrons. The molecule has 1 amide bonds. The summed E-state index contributed by atoms with van der Waals surface area (Å²) in [5, 5.41) is 11.7. The first-order valence-corrected chi connectivity index (χ1v) is 10.7. The van der Waals surface area contributed by atoms with Crippen molar-refractivity contribution >= 4 is 21.9 Å². The van der Waals surface area contributed by atoms with Gasteiger partial charge in [-0.3, -0.25) is 9.59 Å². The maximum absolute atomic E-state index is 13.0. The summed E-state index contributed by atoms with van der Waals surface area (Å²) in [7, 11) is -3.68. The van der Waals surface area contributed by atoms with Gasteiger partial charge in [-0.2, -0.15) is 4.31 Å². The number of aryl methyl sites for hydroxylation is 1. The smallest absolute Gasteiger partial charge is 0.308 e. The molecule has 0 spiro atoms. The van der Waals surface area contributed by atoms with Crippen molar-refractivity contribution in [3.8, 4) is 0 Å². The van der Waals surface area contributed by atoms with Gasteiger partial charge in [-0.15, -0.1) is 0 Å². The molecular weight excluding hydrogens is 368 g/mol. The lowest BCUT2D eigenvalue weighted by Crippen LogP contribution is -2.42. The Morgan fingerprint density at radius 3 is 2.52 bits per heavy atom. The number of nitrogens with one attached hydrogen (secondary N) is 1. The van der Waals surface area contributed by atoms with Crippen LogP contribution in [-0.4, -0.2) is 48.3 Å². The standard InChI is InChI=1S/C19H28N2O5S/c1-12-8-9-16(27(25,26)21-10-6-5-7-13(21)2)11-17(12)18(22)20-15(4)14(3)19(23)24/h8-9,11,13-15H,5-7,10H2,1-4H3,(H,20,22)(H,23,24). The van der Waals surface area contributed by atoms with Gasteiger partial charge in [0.1, 0.15) is 0 Å². The molecule has 150 valence electrons. The Hall–Kier alpha value is -1.93. The minimum atomic E-state index is -3.68. The van der Waals surface area contributed by atoms with Gasteiger partial charge in [0.05, 0.1) is 10.8 Å². The summed E-state index contributed by atoms with van der Waals surface area (Å²) in [6.45, 7) is 7.22. The first-order chi connectivity index (χ1) is 12.6. The molecule has 0 aliphatic carbocycles. The highest BCUT2D eigenvalue weighted by molar-refractivity contribution is 7.89. The van der Waals surface area contributed by atoms with Gasteiger partial charge in [-0.1, -0.05) is 12.5 Å². The van der Waals surface area contributed by atoms with Crippen LogP contribution in [0.4, 0.5) is 0 Å². The van der Waals surface area contributed by atoms with Gasteiger partial charge in [0, 0.05) is 24.2 Å². The number of hydrogen-bond donors (Lipinski definition) is 2. The summed E-state index contributed by atoms with van der Waals surface area (Å²) >= 11 is 0. The lowest BCUT2D eigenvalue weighted by molar-refractivity contribution is -0.141. The molecule has 3 unspecified atom stereocenters. The quantitative estimate of drug-likeness (QED) is 0.768. The molecule has 0 bridgehead atoms. The maximum Gasteiger partial charge on any atom is 0.308 e. The lowest BCUT2D eigenvalue weighted by Gasteiger charge is -2.32. The second kappa shape index (κ2) is 8.39. The molecule has 1 aliphatic heterocycles. The summed E-state index contributed by atoms with van der Waals surface area (Å²) in [4.78, 5) is 23.8. The Balaban J connectivity index is 2.30. The Morgan fingerprint density at radius 1 is 1.26 bits per heavy atom. The van der Waals surface area contributed by atoms with Gasteiger partial charge in [0.25, 0.3) is 5.91 Å². The van der Waals surface area contributed by atoms with Crippen LogP contribution in [0.1, 0.15) is 56.0 Å². The molecule has 1 aliphatic rings. The number of benzene rings is 1. The SMILES string of the molecule is Cc1ccc(S(=O)(=O)N2CCCCC2C)cc1C(=O)NC(C)C(C)C(=O)O. The fourth-order valence-corrected chi connectivity index (χ4v) is 4.92. The molecule has 1 saturated heterocycles. The number of amides is 1. The van der Waals surface area contributed by atoms with Crippen LogP contribution in [0.25, 0.3) is 0 Å². The number of carbonyl (C=O) groups is 2. The van der Waals surface area contributed by atoms with Crippen LogP contribution >= 0.6 is 0 Å². The fraction of sp³-hybridized carbons (Fsp3) is 0.579. The first-order valence-electron chi connectivity index (χ1n) is 9.22. The minimum absolute atomic E-state index is 0.0706. The van der Waals surface area contributed by atoms with Gasteiger partial charge in [-0.05, 0) is 58.2 Å². The number of carbonyl (C=O) groups excluding carboxylic acids is 1. The van der Waals surface area contributed by atoms with Gasteiger partial charge < -0.3 is 10.4 Å². The number of piperidine rings is 1. The molecule has 1 fully saturated rings. The maximum atomic E-state index is 13.0. The summed E-state index contributed by atoms with van der Waals surface area (Å²) in [5.74, 6) is -2.23.